The maximum Gasteiger partial charge on any atom is 0.159 e. The van der Waals surface area contributed by atoms with Crippen molar-refractivity contribution in [1.82, 2.24) is 0 Å². The summed E-state index contributed by atoms with van der Waals surface area (Å²) >= 11 is 0. The molecule has 0 amide bonds. The van der Waals surface area contributed by atoms with Crippen LogP contribution in [0.25, 0.3) is 77.2 Å². The Bertz CT molecular complexity index is 2930. The monoisotopic (exact) mass is 689 g/mol. The lowest BCUT2D eigenvalue weighted by Gasteiger charge is -2.29. The largest absolute Gasteiger partial charge is 0.454 e. The zero-order chi connectivity index (χ0) is 35.8. The molecule has 0 saturated carbocycles. The van der Waals surface area contributed by atoms with Gasteiger partial charge < -0.3 is 9.32 Å². The van der Waals surface area contributed by atoms with Gasteiger partial charge in [-0.25, -0.2) is 0 Å². The average Bonchev–Trinajstić information content (AvgIpc) is 3.64. The van der Waals surface area contributed by atoms with Crippen LogP contribution in [0.4, 0.5) is 17.1 Å². The van der Waals surface area contributed by atoms with Gasteiger partial charge in [0, 0.05) is 22.0 Å². The van der Waals surface area contributed by atoms with E-state index in [1.807, 2.05) is 6.07 Å². The highest BCUT2D eigenvalue weighted by Gasteiger charge is 2.23. The molecular formula is C52H35NO. The first-order chi connectivity index (χ1) is 26.8. The van der Waals surface area contributed by atoms with Crippen molar-refractivity contribution in [3.8, 4) is 44.5 Å². The van der Waals surface area contributed by atoms with E-state index in [4.69, 9.17) is 4.42 Å². The smallest absolute Gasteiger partial charge is 0.159 e. The third-order valence-electron chi connectivity index (χ3n) is 10.5. The second-order valence-corrected chi connectivity index (χ2v) is 13.7. The van der Waals surface area contributed by atoms with Crippen LogP contribution in [0.1, 0.15) is 0 Å². The number of rotatable bonds is 7. The first kappa shape index (κ1) is 31.6. The highest BCUT2D eigenvalue weighted by Crippen LogP contribution is 2.47. The van der Waals surface area contributed by atoms with Crippen molar-refractivity contribution in [2.24, 2.45) is 0 Å². The number of benzene rings is 9. The summed E-state index contributed by atoms with van der Waals surface area (Å²) in [6.45, 7) is 0. The molecule has 9 aromatic carbocycles. The molecule has 10 aromatic rings. The Morgan fingerprint density at radius 2 is 0.907 bits per heavy atom. The molecule has 0 unspecified atom stereocenters. The lowest BCUT2D eigenvalue weighted by Crippen LogP contribution is -2.12. The van der Waals surface area contributed by atoms with Crippen LogP contribution < -0.4 is 4.90 Å². The Morgan fingerprint density at radius 3 is 1.69 bits per heavy atom. The van der Waals surface area contributed by atoms with Crippen LogP contribution in [0.2, 0.25) is 0 Å². The van der Waals surface area contributed by atoms with E-state index in [-0.39, 0.29) is 0 Å². The Labute approximate surface area is 314 Å². The van der Waals surface area contributed by atoms with Crippen LogP contribution in [0.3, 0.4) is 0 Å². The maximum absolute atomic E-state index is 6.73. The zero-order valence-electron chi connectivity index (χ0n) is 29.6. The van der Waals surface area contributed by atoms with Crippen molar-refractivity contribution in [3.05, 3.63) is 212 Å². The van der Waals surface area contributed by atoms with Crippen LogP contribution in [0.15, 0.2) is 217 Å². The van der Waals surface area contributed by atoms with E-state index in [2.05, 4.69) is 211 Å². The number of hydrogen-bond donors (Lipinski definition) is 0. The maximum atomic E-state index is 6.73. The van der Waals surface area contributed by atoms with Crippen molar-refractivity contribution >= 4 is 49.8 Å². The molecule has 0 aliphatic heterocycles. The molecule has 2 nitrogen and oxygen atoms in total. The molecule has 0 N–H and O–H groups in total. The fourth-order valence-corrected chi connectivity index (χ4v) is 7.85. The normalized spacial score (nSPS) is 11.3. The summed E-state index contributed by atoms with van der Waals surface area (Å²) in [6.07, 6.45) is 0. The Morgan fingerprint density at radius 1 is 0.315 bits per heavy atom. The van der Waals surface area contributed by atoms with Crippen molar-refractivity contribution in [2.45, 2.75) is 0 Å². The van der Waals surface area contributed by atoms with Crippen molar-refractivity contribution in [3.63, 3.8) is 0 Å². The molecule has 0 spiro atoms. The highest BCUT2D eigenvalue weighted by molar-refractivity contribution is 6.11. The van der Waals surface area contributed by atoms with E-state index in [9.17, 15) is 0 Å². The van der Waals surface area contributed by atoms with Gasteiger partial charge in [-0.15, -0.1) is 0 Å². The van der Waals surface area contributed by atoms with Gasteiger partial charge in [0.15, 0.2) is 5.58 Å². The van der Waals surface area contributed by atoms with E-state index < -0.39 is 0 Å². The number of fused-ring (bicyclic) bond motifs is 4. The topological polar surface area (TPSA) is 16.4 Å². The van der Waals surface area contributed by atoms with Gasteiger partial charge in [0.05, 0.1) is 11.4 Å². The summed E-state index contributed by atoms with van der Waals surface area (Å²) in [6, 6.07) is 75.9. The van der Waals surface area contributed by atoms with Gasteiger partial charge in [0.25, 0.3) is 0 Å². The fourth-order valence-electron chi connectivity index (χ4n) is 7.85. The first-order valence-corrected chi connectivity index (χ1v) is 18.4. The molecule has 0 radical (unpaired) electrons. The van der Waals surface area contributed by atoms with Gasteiger partial charge in [0.1, 0.15) is 5.58 Å². The quantitative estimate of drug-likeness (QED) is 0.166. The third-order valence-corrected chi connectivity index (χ3v) is 10.5. The second-order valence-electron chi connectivity index (χ2n) is 13.7. The fraction of sp³-hybridized carbons (Fsp3) is 0. The molecule has 0 saturated heterocycles. The third kappa shape index (κ3) is 5.62. The molecule has 0 aliphatic carbocycles. The number of hydrogen-bond acceptors (Lipinski definition) is 2. The molecule has 254 valence electrons. The van der Waals surface area contributed by atoms with E-state index >= 15 is 0 Å². The second kappa shape index (κ2) is 13.4. The molecule has 0 atom stereocenters. The Balaban J connectivity index is 1.22. The predicted octanol–water partition coefficient (Wildman–Crippen LogP) is 14.9. The van der Waals surface area contributed by atoms with E-state index in [1.165, 1.54) is 33.0 Å². The minimum absolute atomic E-state index is 0.855. The van der Waals surface area contributed by atoms with E-state index in [0.29, 0.717) is 0 Å². The van der Waals surface area contributed by atoms with Crippen molar-refractivity contribution < 1.29 is 4.42 Å². The lowest BCUT2D eigenvalue weighted by molar-refractivity contribution is 0.669. The average molecular weight is 690 g/mol. The molecule has 0 aliphatic rings. The molecule has 0 bridgehead atoms. The molecule has 1 aromatic heterocycles. The summed E-state index contributed by atoms with van der Waals surface area (Å²) in [5, 5.41) is 4.61. The molecule has 54 heavy (non-hydrogen) atoms. The summed E-state index contributed by atoms with van der Waals surface area (Å²) in [7, 11) is 0. The predicted molar refractivity (Wildman–Crippen MR) is 228 cm³/mol. The number of para-hydroxylation sites is 3. The molecule has 2 heteroatoms. The Kier molecular flexibility index (Phi) is 7.85. The molecule has 10 rings (SSSR count). The van der Waals surface area contributed by atoms with Crippen molar-refractivity contribution in [1.29, 1.82) is 0 Å². The summed E-state index contributed by atoms with van der Waals surface area (Å²) < 4.78 is 6.73. The van der Waals surface area contributed by atoms with Gasteiger partial charge in [-0.05, 0) is 92.2 Å². The van der Waals surface area contributed by atoms with E-state index in [1.54, 1.807) is 0 Å². The lowest BCUT2D eigenvalue weighted by atomic mass is 9.93. The van der Waals surface area contributed by atoms with Gasteiger partial charge in [0.2, 0.25) is 0 Å². The molecule has 1 heterocycles. The standard InChI is InChI=1S/C52H35NO/c1-4-15-36(16-5-1)40-29-27-37-28-30-41(34-42(37)33-40)45-21-10-12-24-49(45)53(50-25-14-23-47-46-22-11-13-26-51(46)54-52(47)50)43-31-32-44(38-17-6-2-7-18-38)48(35-43)39-19-8-3-9-20-39/h1-35H. The Hall–Kier alpha value is -7.16. The first-order valence-electron chi connectivity index (χ1n) is 18.4. The minimum atomic E-state index is 0.855. The van der Waals surface area contributed by atoms with Gasteiger partial charge >= 0.3 is 0 Å². The van der Waals surface area contributed by atoms with Crippen LogP contribution in [0, 0.1) is 0 Å². The number of anilines is 3. The SMILES string of the molecule is c1ccc(-c2ccc3ccc(-c4ccccc4N(c4ccc(-c5ccccc5)c(-c5ccccc5)c4)c4cccc5c4oc4ccccc45)cc3c2)cc1. The number of nitrogens with zero attached hydrogens (tertiary/aromatic N) is 1. The van der Waals surface area contributed by atoms with E-state index in [0.717, 1.165) is 61.3 Å². The van der Waals surface area contributed by atoms with Crippen molar-refractivity contribution in [2.75, 3.05) is 4.90 Å². The summed E-state index contributed by atoms with van der Waals surface area (Å²) in [4.78, 5) is 2.38. The van der Waals surface area contributed by atoms with Gasteiger partial charge in [-0.1, -0.05) is 170 Å². The summed E-state index contributed by atoms with van der Waals surface area (Å²) in [5.41, 5.74) is 14.2. The molecule has 0 fully saturated rings. The summed E-state index contributed by atoms with van der Waals surface area (Å²) in [5.74, 6) is 0. The van der Waals surface area contributed by atoms with Crippen LogP contribution in [0.5, 0.6) is 0 Å². The number of furan rings is 1. The molecular weight excluding hydrogens is 655 g/mol. The zero-order valence-corrected chi connectivity index (χ0v) is 29.6. The van der Waals surface area contributed by atoms with Gasteiger partial charge in [-0.3, -0.25) is 0 Å². The highest BCUT2D eigenvalue weighted by atomic mass is 16.3. The minimum Gasteiger partial charge on any atom is -0.454 e. The van der Waals surface area contributed by atoms with Crippen LogP contribution >= 0.6 is 0 Å². The van der Waals surface area contributed by atoms with Crippen LogP contribution in [-0.4, -0.2) is 0 Å². The van der Waals surface area contributed by atoms with Crippen LogP contribution in [-0.2, 0) is 0 Å². The van der Waals surface area contributed by atoms with Gasteiger partial charge in [-0.2, -0.15) is 0 Å².